The zero-order chi connectivity index (χ0) is 10.5. The Morgan fingerprint density at radius 1 is 1.20 bits per heavy atom. The van der Waals surface area contributed by atoms with Gasteiger partial charge in [0.1, 0.15) is 11.8 Å². The maximum absolute atomic E-state index is 8.75. The average Bonchev–Trinajstić information content (AvgIpc) is 2.31. The zero-order valence-corrected chi connectivity index (χ0v) is 7.66. The van der Waals surface area contributed by atoms with E-state index in [1.54, 1.807) is 18.3 Å². The Morgan fingerprint density at radius 2 is 2.07 bits per heavy atom. The molecule has 2 aromatic rings. The van der Waals surface area contributed by atoms with Crippen LogP contribution in [0.3, 0.4) is 0 Å². The van der Waals surface area contributed by atoms with Gasteiger partial charge in [0.15, 0.2) is 0 Å². The molecule has 2 aromatic heterocycles. The molecule has 72 valence electrons. The van der Waals surface area contributed by atoms with Gasteiger partial charge in [-0.15, -0.1) is 0 Å². The Labute approximate surface area is 86.0 Å². The van der Waals surface area contributed by atoms with Gasteiger partial charge in [-0.25, -0.2) is 9.97 Å². The van der Waals surface area contributed by atoms with Crippen molar-refractivity contribution in [3.8, 4) is 17.7 Å². The van der Waals surface area contributed by atoms with E-state index < -0.39 is 0 Å². The SMILES string of the molecule is N#Cc1nccnc1Oc1cccnc1. The van der Waals surface area contributed by atoms with E-state index in [1.165, 1.54) is 18.6 Å². The molecule has 0 saturated carbocycles. The van der Waals surface area contributed by atoms with Crippen LogP contribution in [0.25, 0.3) is 0 Å². The van der Waals surface area contributed by atoms with E-state index in [0.29, 0.717) is 5.75 Å². The second kappa shape index (κ2) is 4.15. The fourth-order valence-electron chi connectivity index (χ4n) is 0.996. The molecule has 2 rings (SSSR count). The van der Waals surface area contributed by atoms with E-state index in [0.717, 1.165) is 0 Å². The average molecular weight is 198 g/mol. The van der Waals surface area contributed by atoms with Crippen LogP contribution in [-0.4, -0.2) is 15.0 Å². The molecule has 0 saturated heterocycles. The molecule has 0 N–H and O–H groups in total. The lowest BCUT2D eigenvalue weighted by Gasteiger charge is -2.03. The molecule has 5 heteroatoms. The van der Waals surface area contributed by atoms with Crippen molar-refractivity contribution in [3.63, 3.8) is 0 Å². The second-order valence-corrected chi connectivity index (χ2v) is 2.61. The Balaban J connectivity index is 2.29. The number of hydrogen-bond acceptors (Lipinski definition) is 5. The largest absolute Gasteiger partial charge is 0.435 e. The van der Waals surface area contributed by atoms with E-state index in [2.05, 4.69) is 15.0 Å². The minimum absolute atomic E-state index is 0.154. The first-order chi connectivity index (χ1) is 7.40. The highest BCUT2D eigenvalue weighted by atomic mass is 16.5. The minimum atomic E-state index is 0.154. The van der Waals surface area contributed by atoms with Crippen LogP contribution in [-0.2, 0) is 0 Å². The van der Waals surface area contributed by atoms with E-state index >= 15 is 0 Å². The molecule has 0 aromatic carbocycles. The Morgan fingerprint density at radius 3 is 2.80 bits per heavy atom. The summed E-state index contributed by atoms with van der Waals surface area (Å²) in [6.45, 7) is 0. The summed E-state index contributed by atoms with van der Waals surface area (Å²) in [5.41, 5.74) is 0.154. The summed E-state index contributed by atoms with van der Waals surface area (Å²) in [6.07, 6.45) is 6.08. The normalized spacial score (nSPS) is 9.27. The summed E-state index contributed by atoms with van der Waals surface area (Å²) in [6, 6.07) is 5.36. The lowest BCUT2D eigenvalue weighted by atomic mass is 10.4. The van der Waals surface area contributed by atoms with Gasteiger partial charge in [-0.2, -0.15) is 5.26 Å². The van der Waals surface area contributed by atoms with Gasteiger partial charge in [-0.3, -0.25) is 4.98 Å². The number of rotatable bonds is 2. The third-order valence-electron chi connectivity index (χ3n) is 1.62. The van der Waals surface area contributed by atoms with Crippen molar-refractivity contribution >= 4 is 0 Å². The molecule has 15 heavy (non-hydrogen) atoms. The minimum Gasteiger partial charge on any atom is -0.435 e. The Bertz CT molecular complexity index is 492. The number of nitrogens with zero attached hydrogens (tertiary/aromatic N) is 4. The van der Waals surface area contributed by atoms with E-state index in [1.807, 2.05) is 6.07 Å². The standard InChI is InChI=1S/C10H6N4O/c11-6-9-10(14-5-4-13-9)15-8-2-1-3-12-7-8/h1-5,7H. The van der Waals surface area contributed by atoms with E-state index in [9.17, 15) is 0 Å². The first kappa shape index (κ1) is 9.09. The summed E-state index contributed by atoms with van der Waals surface area (Å²) in [4.78, 5) is 11.6. The third kappa shape index (κ3) is 2.06. The molecule has 0 fully saturated rings. The van der Waals surface area contributed by atoms with Crippen LogP contribution < -0.4 is 4.74 Å². The number of aromatic nitrogens is 3. The van der Waals surface area contributed by atoms with E-state index in [-0.39, 0.29) is 11.6 Å². The molecule has 0 amide bonds. The fourth-order valence-corrected chi connectivity index (χ4v) is 0.996. The van der Waals surface area contributed by atoms with Gasteiger partial charge in [-0.1, -0.05) is 0 Å². The first-order valence-corrected chi connectivity index (χ1v) is 4.19. The first-order valence-electron chi connectivity index (χ1n) is 4.19. The van der Waals surface area contributed by atoms with Crippen LogP contribution >= 0.6 is 0 Å². The van der Waals surface area contributed by atoms with Gasteiger partial charge in [-0.05, 0) is 12.1 Å². The molecule has 2 heterocycles. The van der Waals surface area contributed by atoms with Gasteiger partial charge in [0.2, 0.25) is 5.69 Å². The summed E-state index contributed by atoms with van der Waals surface area (Å²) < 4.78 is 5.34. The van der Waals surface area contributed by atoms with Crippen molar-refractivity contribution in [2.45, 2.75) is 0 Å². The van der Waals surface area contributed by atoms with Crippen LogP contribution in [0.5, 0.6) is 11.6 Å². The van der Waals surface area contributed by atoms with Crippen molar-refractivity contribution < 1.29 is 4.74 Å². The predicted molar refractivity (Wildman–Crippen MR) is 51.1 cm³/mol. The lowest BCUT2D eigenvalue weighted by molar-refractivity contribution is 0.456. The van der Waals surface area contributed by atoms with Gasteiger partial charge < -0.3 is 4.74 Å². The smallest absolute Gasteiger partial charge is 0.256 e. The molecule has 0 spiro atoms. The molecule has 0 atom stereocenters. The topological polar surface area (TPSA) is 71.7 Å². The van der Waals surface area contributed by atoms with Crippen LogP contribution in [0.2, 0.25) is 0 Å². The van der Waals surface area contributed by atoms with Crippen LogP contribution in [0, 0.1) is 11.3 Å². The quantitative estimate of drug-likeness (QED) is 0.731. The lowest BCUT2D eigenvalue weighted by Crippen LogP contribution is -1.93. The van der Waals surface area contributed by atoms with Crippen molar-refractivity contribution in [1.29, 1.82) is 5.26 Å². The van der Waals surface area contributed by atoms with Crippen molar-refractivity contribution in [2.75, 3.05) is 0 Å². The van der Waals surface area contributed by atoms with E-state index in [4.69, 9.17) is 10.00 Å². The molecular formula is C10H6N4O. The second-order valence-electron chi connectivity index (χ2n) is 2.61. The molecule has 0 unspecified atom stereocenters. The van der Waals surface area contributed by atoms with Gasteiger partial charge in [0.05, 0.1) is 6.20 Å². The molecule has 0 bridgehead atoms. The summed E-state index contributed by atoms with van der Waals surface area (Å²) in [5, 5.41) is 8.75. The van der Waals surface area contributed by atoms with Gasteiger partial charge >= 0.3 is 0 Å². The third-order valence-corrected chi connectivity index (χ3v) is 1.62. The molecule has 0 aliphatic rings. The Hall–Kier alpha value is -2.48. The molecule has 5 nitrogen and oxygen atoms in total. The molecule has 0 aliphatic carbocycles. The number of nitriles is 1. The van der Waals surface area contributed by atoms with Crippen LogP contribution in [0.4, 0.5) is 0 Å². The number of hydrogen-bond donors (Lipinski definition) is 0. The zero-order valence-electron chi connectivity index (χ0n) is 7.66. The summed E-state index contributed by atoms with van der Waals surface area (Å²) in [7, 11) is 0. The van der Waals surface area contributed by atoms with Crippen molar-refractivity contribution in [2.24, 2.45) is 0 Å². The maximum Gasteiger partial charge on any atom is 0.256 e. The monoisotopic (exact) mass is 198 g/mol. The van der Waals surface area contributed by atoms with Crippen LogP contribution in [0.15, 0.2) is 36.9 Å². The molecule has 0 aliphatic heterocycles. The number of ether oxygens (including phenoxy) is 1. The van der Waals surface area contributed by atoms with Gasteiger partial charge in [0, 0.05) is 18.6 Å². The maximum atomic E-state index is 8.75. The predicted octanol–water partition coefficient (Wildman–Crippen LogP) is 1.54. The summed E-state index contributed by atoms with van der Waals surface area (Å²) >= 11 is 0. The van der Waals surface area contributed by atoms with Crippen molar-refractivity contribution in [3.05, 3.63) is 42.6 Å². The van der Waals surface area contributed by atoms with Crippen molar-refractivity contribution in [1.82, 2.24) is 15.0 Å². The highest BCUT2D eigenvalue weighted by Gasteiger charge is 2.05. The fraction of sp³-hybridized carbons (Fsp3) is 0. The molecule has 0 radical (unpaired) electrons. The highest BCUT2D eigenvalue weighted by molar-refractivity contribution is 5.33. The number of pyridine rings is 1. The summed E-state index contributed by atoms with van der Waals surface area (Å²) in [5.74, 6) is 0.711. The Kier molecular flexibility index (Phi) is 2.52. The van der Waals surface area contributed by atoms with Crippen LogP contribution in [0.1, 0.15) is 5.69 Å². The highest BCUT2D eigenvalue weighted by Crippen LogP contribution is 2.19. The van der Waals surface area contributed by atoms with Gasteiger partial charge in [0.25, 0.3) is 5.88 Å². The molecular weight excluding hydrogens is 192 g/mol.